The van der Waals surface area contributed by atoms with E-state index in [0.29, 0.717) is 6.04 Å². The fourth-order valence-electron chi connectivity index (χ4n) is 3.69. The molecule has 0 spiro atoms. The van der Waals surface area contributed by atoms with Crippen LogP contribution in [0.1, 0.15) is 70.0 Å². The van der Waals surface area contributed by atoms with Crippen LogP contribution in [0.3, 0.4) is 0 Å². The summed E-state index contributed by atoms with van der Waals surface area (Å²) in [4.78, 5) is 0. The summed E-state index contributed by atoms with van der Waals surface area (Å²) in [5.41, 5.74) is 9.95. The number of nitrogens with two attached hydrogens (primary N) is 1. The number of aromatic nitrogens is 2. The lowest BCUT2D eigenvalue weighted by Gasteiger charge is -2.33. The van der Waals surface area contributed by atoms with Gasteiger partial charge in [-0.2, -0.15) is 5.10 Å². The molecule has 1 aromatic rings. The molecule has 3 heteroatoms. The Bertz CT molecular complexity index is 436. The lowest BCUT2D eigenvalue weighted by atomic mass is 9.79. The quantitative estimate of drug-likeness (QED) is 0.895. The lowest BCUT2D eigenvalue weighted by molar-refractivity contribution is 0.198. The maximum Gasteiger partial charge on any atom is 0.0657 e. The van der Waals surface area contributed by atoms with E-state index in [1.807, 2.05) is 0 Å². The zero-order valence-electron chi connectivity index (χ0n) is 13.7. The standard InChI is InChI=1S/C17H31N3/c1-5-16-15(9-10-18)17(6-2)20(19-16)14-8-7-12(3)13(4)11-14/h12-14H,5-11,18H2,1-4H3. The van der Waals surface area contributed by atoms with E-state index in [1.54, 1.807) is 0 Å². The molecule has 3 unspecified atom stereocenters. The van der Waals surface area contributed by atoms with Crippen LogP contribution in [0.25, 0.3) is 0 Å². The van der Waals surface area contributed by atoms with E-state index in [4.69, 9.17) is 10.8 Å². The van der Waals surface area contributed by atoms with Crippen LogP contribution >= 0.6 is 0 Å². The van der Waals surface area contributed by atoms with Crippen molar-refractivity contribution in [1.82, 2.24) is 9.78 Å². The van der Waals surface area contributed by atoms with Crippen molar-refractivity contribution < 1.29 is 0 Å². The van der Waals surface area contributed by atoms with Gasteiger partial charge in [-0.15, -0.1) is 0 Å². The molecule has 1 aliphatic rings. The monoisotopic (exact) mass is 277 g/mol. The maximum atomic E-state index is 5.80. The topological polar surface area (TPSA) is 43.8 Å². The summed E-state index contributed by atoms with van der Waals surface area (Å²) in [7, 11) is 0. The van der Waals surface area contributed by atoms with Gasteiger partial charge in [0.1, 0.15) is 0 Å². The summed E-state index contributed by atoms with van der Waals surface area (Å²) in [5.74, 6) is 1.67. The molecule has 0 saturated heterocycles. The maximum absolute atomic E-state index is 5.80. The van der Waals surface area contributed by atoms with Gasteiger partial charge in [0, 0.05) is 5.69 Å². The van der Waals surface area contributed by atoms with Gasteiger partial charge in [-0.25, -0.2) is 0 Å². The third-order valence-corrected chi connectivity index (χ3v) is 5.18. The normalized spacial score (nSPS) is 26.9. The molecule has 0 aromatic carbocycles. The van der Waals surface area contributed by atoms with Crippen LogP contribution in [0, 0.1) is 11.8 Å². The van der Waals surface area contributed by atoms with Gasteiger partial charge >= 0.3 is 0 Å². The Morgan fingerprint density at radius 2 is 1.90 bits per heavy atom. The molecule has 2 N–H and O–H groups in total. The smallest absolute Gasteiger partial charge is 0.0657 e. The molecule has 1 heterocycles. The number of rotatable bonds is 5. The first-order valence-corrected chi connectivity index (χ1v) is 8.41. The highest BCUT2D eigenvalue weighted by Gasteiger charge is 2.28. The second-order valence-corrected chi connectivity index (χ2v) is 6.48. The highest BCUT2D eigenvalue weighted by Crippen LogP contribution is 2.37. The number of nitrogens with zero attached hydrogens (tertiary/aromatic N) is 2. The Kier molecular flexibility index (Phi) is 5.25. The van der Waals surface area contributed by atoms with Crippen LogP contribution in [0.5, 0.6) is 0 Å². The summed E-state index contributed by atoms with van der Waals surface area (Å²) in [6, 6.07) is 0.605. The van der Waals surface area contributed by atoms with Crippen molar-refractivity contribution in [3.05, 3.63) is 17.0 Å². The first-order chi connectivity index (χ1) is 9.62. The van der Waals surface area contributed by atoms with Crippen molar-refractivity contribution in [3.8, 4) is 0 Å². The molecule has 1 aliphatic carbocycles. The van der Waals surface area contributed by atoms with Gasteiger partial charge < -0.3 is 5.73 Å². The van der Waals surface area contributed by atoms with Crippen molar-refractivity contribution in [3.63, 3.8) is 0 Å². The van der Waals surface area contributed by atoms with E-state index in [1.165, 1.54) is 36.2 Å². The predicted molar refractivity (Wildman–Crippen MR) is 85.0 cm³/mol. The Labute approximate surface area is 123 Å². The van der Waals surface area contributed by atoms with E-state index in [0.717, 1.165) is 37.6 Å². The fourth-order valence-corrected chi connectivity index (χ4v) is 3.69. The van der Waals surface area contributed by atoms with Crippen LogP contribution < -0.4 is 5.73 Å². The minimum atomic E-state index is 0.605. The molecule has 3 nitrogen and oxygen atoms in total. The summed E-state index contributed by atoms with van der Waals surface area (Å²) in [6.45, 7) is 9.97. The zero-order valence-corrected chi connectivity index (χ0v) is 13.7. The molecular formula is C17H31N3. The van der Waals surface area contributed by atoms with Crippen molar-refractivity contribution >= 4 is 0 Å². The highest BCUT2D eigenvalue weighted by molar-refractivity contribution is 5.28. The van der Waals surface area contributed by atoms with Gasteiger partial charge in [-0.05, 0) is 62.5 Å². The minimum absolute atomic E-state index is 0.605. The Hall–Kier alpha value is -0.830. The molecule has 0 radical (unpaired) electrons. The molecule has 2 rings (SSSR count). The van der Waals surface area contributed by atoms with E-state index in [2.05, 4.69) is 32.4 Å². The van der Waals surface area contributed by atoms with E-state index in [-0.39, 0.29) is 0 Å². The third-order valence-electron chi connectivity index (χ3n) is 5.18. The van der Waals surface area contributed by atoms with E-state index in [9.17, 15) is 0 Å². The summed E-state index contributed by atoms with van der Waals surface area (Å²) >= 11 is 0. The van der Waals surface area contributed by atoms with Crippen LogP contribution in [0.2, 0.25) is 0 Å². The number of aryl methyl sites for hydroxylation is 1. The first kappa shape index (κ1) is 15.6. The van der Waals surface area contributed by atoms with Gasteiger partial charge in [0.2, 0.25) is 0 Å². The Morgan fingerprint density at radius 3 is 2.45 bits per heavy atom. The van der Waals surface area contributed by atoms with Gasteiger partial charge in [-0.1, -0.05) is 27.7 Å². The SMILES string of the molecule is CCc1nn(C2CCC(C)C(C)C2)c(CC)c1CCN. The van der Waals surface area contributed by atoms with Gasteiger partial charge in [-0.3, -0.25) is 4.68 Å². The molecule has 1 fully saturated rings. The number of hydrogen-bond acceptors (Lipinski definition) is 2. The van der Waals surface area contributed by atoms with Crippen molar-refractivity contribution in [2.24, 2.45) is 17.6 Å². The molecule has 0 aliphatic heterocycles. The van der Waals surface area contributed by atoms with Crippen LogP contribution in [-0.4, -0.2) is 16.3 Å². The summed E-state index contributed by atoms with van der Waals surface area (Å²) < 4.78 is 2.37. The zero-order chi connectivity index (χ0) is 14.7. The van der Waals surface area contributed by atoms with Crippen molar-refractivity contribution in [1.29, 1.82) is 0 Å². The predicted octanol–water partition coefficient (Wildman–Crippen LogP) is 3.51. The van der Waals surface area contributed by atoms with Gasteiger partial charge in [0.05, 0.1) is 11.7 Å². The highest BCUT2D eigenvalue weighted by atomic mass is 15.3. The average molecular weight is 277 g/mol. The third kappa shape index (κ3) is 2.93. The largest absolute Gasteiger partial charge is 0.330 e. The van der Waals surface area contributed by atoms with Crippen molar-refractivity contribution in [2.45, 2.75) is 72.3 Å². The lowest BCUT2D eigenvalue weighted by Crippen LogP contribution is -2.25. The second-order valence-electron chi connectivity index (χ2n) is 6.48. The van der Waals surface area contributed by atoms with Gasteiger partial charge in [0.15, 0.2) is 0 Å². The average Bonchev–Trinajstić information content (AvgIpc) is 2.80. The minimum Gasteiger partial charge on any atom is -0.330 e. The molecule has 0 amide bonds. The molecule has 1 saturated carbocycles. The Morgan fingerprint density at radius 1 is 1.15 bits per heavy atom. The first-order valence-electron chi connectivity index (χ1n) is 8.41. The Balaban J connectivity index is 2.31. The molecule has 20 heavy (non-hydrogen) atoms. The fraction of sp³-hybridized carbons (Fsp3) is 0.824. The van der Waals surface area contributed by atoms with Crippen molar-refractivity contribution in [2.75, 3.05) is 6.54 Å². The summed E-state index contributed by atoms with van der Waals surface area (Å²) in [6.07, 6.45) is 6.97. The van der Waals surface area contributed by atoms with Crippen LogP contribution in [0.4, 0.5) is 0 Å². The molecular weight excluding hydrogens is 246 g/mol. The van der Waals surface area contributed by atoms with E-state index >= 15 is 0 Å². The summed E-state index contributed by atoms with van der Waals surface area (Å²) in [5, 5.41) is 4.96. The second kappa shape index (κ2) is 6.75. The number of hydrogen-bond donors (Lipinski definition) is 1. The van der Waals surface area contributed by atoms with Gasteiger partial charge in [0.25, 0.3) is 0 Å². The molecule has 1 aromatic heterocycles. The van der Waals surface area contributed by atoms with E-state index < -0.39 is 0 Å². The molecule has 0 bridgehead atoms. The van der Waals surface area contributed by atoms with Crippen LogP contribution in [0.15, 0.2) is 0 Å². The van der Waals surface area contributed by atoms with Crippen LogP contribution in [-0.2, 0) is 19.3 Å². The molecule has 114 valence electrons. The molecule has 3 atom stereocenters.